The van der Waals surface area contributed by atoms with Crippen LogP contribution in [0.15, 0.2) is 109 Å². The first kappa shape index (κ1) is 38.6. The molecule has 0 aliphatic rings. The van der Waals surface area contributed by atoms with Crippen LogP contribution in [0.2, 0.25) is 0 Å². The summed E-state index contributed by atoms with van der Waals surface area (Å²) in [5.41, 5.74) is 0. The smallest absolute Gasteiger partial charge is 0.0740 e. The van der Waals surface area contributed by atoms with E-state index in [-0.39, 0.29) is 50.6 Å². The van der Waals surface area contributed by atoms with Crippen molar-refractivity contribution in [2.24, 2.45) is 0 Å². The van der Waals surface area contributed by atoms with Gasteiger partial charge in [0.15, 0.2) is 0 Å². The normalized spacial score (nSPS) is 9.64. The molecule has 0 saturated carbocycles. The molecule has 0 heterocycles. The molecule has 0 spiro atoms. The minimum atomic E-state index is -2.06. The van der Waals surface area contributed by atoms with Crippen molar-refractivity contribution in [2.45, 2.75) is 0 Å². The molecule has 0 aromatic heterocycles. The van der Waals surface area contributed by atoms with E-state index in [2.05, 4.69) is 0 Å². The quantitative estimate of drug-likeness (QED) is 0.115. The first-order valence-corrected chi connectivity index (χ1v) is 16.3. The molecule has 0 fully saturated rings. The van der Waals surface area contributed by atoms with Gasteiger partial charge in [-0.25, -0.2) is 36.4 Å². The van der Waals surface area contributed by atoms with Crippen molar-refractivity contribution in [3.63, 3.8) is 0 Å². The molecule has 2 nitrogen and oxygen atoms in total. The van der Waals surface area contributed by atoms with Gasteiger partial charge in [0.25, 0.3) is 0 Å². The molecule has 0 saturated heterocycles. The minimum absolute atomic E-state index is 0. The summed E-state index contributed by atoms with van der Waals surface area (Å²) in [6.45, 7) is 0. The van der Waals surface area contributed by atoms with Crippen LogP contribution < -0.4 is 10.6 Å². The van der Waals surface area contributed by atoms with Gasteiger partial charge in [0.2, 0.25) is 0 Å². The Morgan fingerprint density at radius 1 is 0.636 bits per heavy atom. The Hall–Kier alpha value is 1.11. The topological polar surface area (TPSA) is 18.5 Å². The van der Waals surface area contributed by atoms with Gasteiger partial charge in [0.05, 0.1) is 14.2 Å². The maximum absolute atomic E-state index is 5.07. The van der Waals surface area contributed by atoms with Gasteiger partial charge in [-0.2, -0.15) is 36.4 Å². The summed E-state index contributed by atoms with van der Waals surface area (Å²) in [7, 11) is 3.14. The van der Waals surface area contributed by atoms with Crippen molar-refractivity contribution in [3.8, 4) is 0 Å². The van der Waals surface area contributed by atoms with E-state index in [0.29, 0.717) is 0 Å². The summed E-state index contributed by atoms with van der Waals surface area (Å²) in [6.07, 6.45) is 0. The molecule has 33 heavy (non-hydrogen) atoms. The zero-order valence-corrected chi connectivity index (χ0v) is 26.0. The van der Waals surface area contributed by atoms with Gasteiger partial charge in [-0.05, 0) is 5.30 Å². The third kappa shape index (κ3) is 17.2. The van der Waals surface area contributed by atoms with E-state index in [0.717, 1.165) is 10.6 Å². The van der Waals surface area contributed by atoms with Crippen LogP contribution in [0.5, 0.6) is 0 Å². The van der Waals surface area contributed by atoms with Crippen LogP contribution in [0.3, 0.4) is 0 Å². The molecular formula is C22H24Fe2NiO2P2S4-10. The summed E-state index contributed by atoms with van der Waals surface area (Å²) in [4.78, 5) is 0. The molecule has 0 aliphatic carbocycles. The second-order valence-corrected chi connectivity index (χ2v) is 16.9. The van der Waals surface area contributed by atoms with Crippen LogP contribution in [0.25, 0.3) is 0 Å². The third-order valence-corrected chi connectivity index (χ3v) is 10.7. The summed E-state index contributed by atoms with van der Waals surface area (Å²) in [5, 5.41) is 1.94. The second-order valence-electron chi connectivity index (χ2n) is 5.57. The predicted octanol–water partition coefficient (Wildman–Crippen LogP) is 5.87. The standard InChI is InChI=1S/2C6H8OPS2.2C5H5.2Fe.Ni/c2*1-7-8(9,10)6-4-2-3-5-6;2*1-2-4-5-3-1;;;/h2*2-5H,1H3,(H,9,10);2*1-5H;;;/q-5;3*-1;;;/p-2. The Balaban J connectivity index is -0.000000368. The molecule has 4 rings (SSSR count). The SMILES string of the molecule is CO[P+]([S-])([S-])[c-]1[cH-][cH-][cH-][cH-]1.CO[P+]([S-])([S-])[c-]1cccc1.[Fe].[Fe].[Ni].c1cc[cH-]c1.c1cc[cH-]c1. The van der Waals surface area contributed by atoms with Crippen molar-refractivity contribution in [2.75, 3.05) is 14.2 Å². The zero-order chi connectivity index (χ0) is 22.3. The molecule has 0 radical (unpaired) electrons. The molecular weight excluding hydrogens is 657 g/mol. The number of hydrogen-bond donors (Lipinski definition) is 0. The largest absolute Gasteiger partial charge is 0.745 e. The molecule has 0 amide bonds. The van der Waals surface area contributed by atoms with Crippen LogP contribution in [0.1, 0.15) is 0 Å². The third-order valence-electron chi connectivity index (χ3n) is 3.51. The monoisotopic (exact) mass is 680 g/mol. The average molecular weight is 681 g/mol. The summed E-state index contributed by atoms with van der Waals surface area (Å²) >= 11 is 20.3. The molecule has 0 atom stereocenters. The van der Waals surface area contributed by atoms with Crippen LogP contribution in [-0.4, -0.2) is 14.2 Å². The fraction of sp³-hybridized carbons (Fsp3) is 0.0909. The number of rotatable bonds is 4. The minimum Gasteiger partial charge on any atom is -0.745 e. The first-order valence-electron chi connectivity index (χ1n) is 8.85. The van der Waals surface area contributed by atoms with Gasteiger partial charge in [-0.3, -0.25) is 10.4 Å². The summed E-state index contributed by atoms with van der Waals surface area (Å²) in [5.74, 6) is -4.12. The molecule has 4 aromatic carbocycles. The summed E-state index contributed by atoms with van der Waals surface area (Å²) in [6, 6.07) is 35.3. The van der Waals surface area contributed by atoms with Crippen molar-refractivity contribution in [1.29, 1.82) is 0 Å². The van der Waals surface area contributed by atoms with Gasteiger partial charge < -0.3 is 83.1 Å². The summed E-state index contributed by atoms with van der Waals surface area (Å²) < 4.78 is 10.0. The molecule has 0 aliphatic heterocycles. The van der Waals surface area contributed by atoms with Crippen molar-refractivity contribution in [3.05, 3.63) is 109 Å². The van der Waals surface area contributed by atoms with E-state index in [9.17, 15) is 0 Å². The Bertz CT molecular complexity index is 736. The number of hydrogen-bond acceptors (Lipinski definition) is 6. The molecule has 0 unspecified atom stereocenters. The predicted molar refractivity (Wildman–Crippen MR) is 145 cm³/mol. The van der Waals surface area contributed by atoms with Crippen molar-refractivity contribution in [1.82, 2.24) is 0 Å². The Kier molecular flexibility index (Phi) is 26.1. The zero-order valence-electron chi connectivity index (χ0n) is 17.8. The van der Waals surface area contributed by atoms with Crippen LogP contribution in [0, 0.1) is 0 Å². The molecule has 11 heteroatoms. The second kappa shape index (κ2) is 22.3. The Morgan fingerprint density at radius 2 is 1.00 bits per heavy atom. The van der Waals surface area contributed by atoms with E-state index in [1.54, 1.807) is 14.2 Å². The van der Waals surface area contributed by atoms with E-state index in [1.165, 1.54) is 0 Å². The van der Waals surface area contributed by atoms with Gasteiger partial charge >= 0.3 is 0 Å². The van der Waals surface area contributed by atoms with E-state index >= 15 is 0 Å². The van der Waals surface area contributed by atoms with Crippen molar-refractivity contribution < 1.29 is 59.7 Å². The van der Waals surface area contributed by atoms with Gasteiger partial charge in [0.1, 0.15) is 0 Å². The van der Waals surface area contributed by atoms with Crippen LogP contribution in [0.4, 0.5) is 0 Å². The molecule has 4 aromatic rings. The van der Waals surface area contributed by atoms with E-state index in [1.807, 2.05) is 109 Å². The van der Waals surface area contributed by atoms with Gasteiger partial charge in [-0.1, -0.05) is 0 Å². The molecule has 0 N–H and O–H groups in total. The Morgan fingerprint density at radius 3 is 1.27 bits per heavy atom. The first-order chi connectivity index (χ1) is 14.3. The maximum Gasteiger partial charge on any atom is 0.0740 e. The maximum atomic E-state index is 5.07. The van der Waals surface area contributed by atoms with Gasteiger partial charge in [-0.15, -0.1) is 18.0 Å². The van der Waals surface area contributed by atoms with E-state index < -0.39 is 11.8 Å². The molecule has 194 valence electrons. The average Bonchev–Trinajstić information content (AvgIpc) is 3.59. The van der Waals surface area contributed by atoms with Crippen molar-refractivity contribution >= 4 is 71.4 Å². The van der Waals surface area contributed by atoms with E-state index in [4.69, 9.17) is 58.0 Å². The van der Waals surface area contributed by atoms with Crippen LogP contribution >= 0.6 is 11.8 Å². The van der Waals surface area contributed by atoms with Crippen LogP contribution in [-0.2, 0) is 109 Å². The fourth-order valence-corrected chi connectivity index (χ4v) is 4.90. The Labute approximate surface area is 252 Å². The fourth-order valence-electron chi connectivity index (χ4n) is 1.95. The van der Waals surface area contributed by atoms with Gasteiger partial charge in [0, 0.05) is 50.6 Å². The molecule has 0 bridgehead atoms.